The molecular formula is C36H58N2O3. The number of nitrogens with zero attached hydrogens (tertiary/aromatic N) is 1. The molecule has 2 saturated heterocycles. The number of benzene rings is 2. The Bertz CT molecular complexity index is 1020. The quantitative estimate of drug-likeness (QED) is 0.334. The van der Waals surface area contributed by atoms with Crippen LogP contribution in [0.25, 0.3) is 0 Å². The van der Waals surface area contributed by atoms with Crippen molar-refractivity contribution in [2.24, 2.45) is 0 Å². The molecule has 0 spiro atoms. The Kier molecular flexibility index (Phi) is 13.2. The SMILES string of the molecule is CC1(O)CCNCC1.Cc1ccc(C(C)(C)CC=O)cc1.Cc1ccc(C(C)(C)CCN2CCC(C)(O)CC2)cc1. The lowest BCUT2D eigenvalue weighted by Crippen LogP contribution is -2.43. The molecule has 2 fully saturated rings. The van der Waals surface area contributed by atoms with Crippen LogP contribution in [-0.4, -0.2) is 65.3 Å². The van der Waals surface area contributed by atoms with Gasteiger partial charge in [0.25, 0.3) is 0 Å². The first-order valence-electron chi connectivity index (χ1n) is 15.5. The maximum absolute atomic E-state index is 10.5. The molecule has 230 valence electrons. The number of carbonyl (C=O) groups excluding carboxylic acids is 1. The first kappa shape index (κ1) is 35.1. The normalized spacial score (nSPS) is 18.8. The van der Waals surface area contributed by atoms with Gasteiger partial charge < -0.3 is 25.2 Å². The van der Waals surface area contributed by atoms with Crippen molar-refractivity contribution in [2.75, 3.05) is 32.7 Å². The zero-order chi connectivity index (χ0) is 30.7. The highest BCUT2D eigenvalue weighted by Gasteiger charge is 2.29. The van der Waals surface area contributed by atoms with Gasteiger partial charge in [0.15, 0.2) is 0 Å². The van der Waals surface area contributed by atoms with Crippen LogP contribution in [0, 0.1) is 13.8 Å². The highest BCUT2D eigenvalue weighted by atomic mass is 16.3. The number of carbonyl (C=O) groups is 1. The first-order valence-corrected chi connectivity index (χ1v) is 15.5. The zero-order valence-electron chi connectivity index (χ0n) is 27.2. The summed E-state index contributed by atoms with van der Waals surface area (Å²) in [6, 6.07) is 17.3. The third-order valence-electron chi connectivity index (χ3n) is 8.93. The molecule has 4 rings (SSSR count). The van der Waals surface area contributed by atoms with Gasteiger partial charge in [-0.2, -0.15) is 0 Å². The molecule has 2 aromatic carbocycles. The molecule has 2 aliphatic heterocycles. The maximum atomic E-state index is 10.5. The van der Waals surface area contributed by atoms with E-state index in [1.807, 2.05) is 13.8 Å². The van der Waals surface area contributed by atoms with Crippen molar-refractivity contribution in [3.8, 4) is 0 Å². The molecule has 0 radical (unpaired) electrons. The third-order valence-corrected chi connectivity index (χ3v) is 8.93. The molecule has 2 heterocycles. The Hall–Kier alpha value is -2.05. The topological polar surface area (TPSA) is 72.8 Å². The van der Waals surface area contributed by atoms with Gasteiger partial charge in [0.05, 0.1) is 11.2 Å². The number of piperidine rings is 2. The summed E-state index contributed by atoms with van der Waals surface area (Å²) >= 11 is 0. The number of hydrogen-bond donors (Lipinski definition) is 3. The number of aldehydes is 1. The van der Waals surface area contributed by atoms with Gasteiger partial charge in [-0.25, -0.2) is 0 Å². The Balaban J connectivity index is 0.000000239. The molecule has 5 heteroatoms. The fraction of sp³-hybridized carbons (Fsp3) is 0.639. The molecule has 2 aromatic rings. The lowest BCUT2D eigenvalue weighted by Gasteiger charge is -2.37. The minimum atomic E-state index is -0.441. The lowest BCUT2D eigenvalue weighted by molar-refractivity contribution is -0.108. The van der Waals surface area contributed by atoms with E-state index in [0.717, 1.165) is 71.1 Å². The van der Waals surface area contributed by atoms with Gasteiger partial charge in [-0.05, 0) is 101 Å². The summed E-state index contributed by atoms with van der Waals surface area (Å²) in [5.41, 5.74) is 4.59. The second kappa shape index (κ2) is 15.4. The smallest absolute Gasteiger partial charge is 0.120 e. The predicted molar refractivity (Wildman–Crippen MR) is 173 cm³/mol. The average molecular weight is 567 g/mol. The van der Waals surface area contributed by atoms with Crippen molar-refractivity contribution in [2.45, 2.75) is 116 Å². The second-order valence-electron chi connectivity index (χ2n) is 14.2. The van der Waals surface area contributed by atoms with Crippen LogP contribution >= 0.6 is 0 Å². The van der Waals surface area contributed by atoms with E-state index in [0.29, 0.717) is 6.42 Å². The van der Waals surface area contributed by atoms with E-state index in [1.165, 1.54) is 22.3 Å². The molecule has 5 nitrogen and oxygen atoms in total. The van der Waals surface area contributed by atoms with Gasteiger partial charge in [0, 0.05) is 19.5 Å². The lowest BCUT2D eigenvalue weighted by atomic mass is 9.81. The van der Waals surface area contributed by atoms with Gasteiger partial charge >= 0.3 is 0 Å². The molecule has 0 amide bonds. The number of rotatable bonds is 7. The summed E-state index contributed by atoms with van der Waals surface area (Å²) in [4.78, 5) is 13.0. The number of aliphatic hydroxyl groups is 2. The number of nitrogens with one attached hydrogen (secondary N) is 1. The van der Waals surface area contributed by atoms with E-state index in [9.17, 15) is 15.0 Å². The predicted octanol–water partition coefficient (Wildman–Crippen LogP) is 6.49. The van der Waals surface area contributed by atoms with E-state index in [1.54, 1.807) is 0 Å². The van der Waals surface area contributed by atoms with E-state index in [2.05, 4.69) is 100 Å². The van der Waals surface area contributed by atoms with Crippen LogP contribution in [0.5, 0.6) is 0 Å². The fourth-order valence-corrected chi connectivity index (χ4v) is 5.14. The van der Waals surface area contributed by atoms with Crippen molar-refractivity contribution >= 4 is 6.29 Å². The molecular weight excluding hydrogens is 508 g/mol. The second-order valence-corrected chi connectivity index (χ2v) is 14.2. The standard InChI is InChI=1S/C18H29NO.C12H16O.C6H13NO/c1-15-5-7-16(8-6-15)17(2,3)9-12-19-13-10-18(4,20)11-14-19;1-10-4-6-11(7-5-10)12(2,3)8-9-13;1-6(8)2-4-7-5-3-6/h5-8,20H,9-14H2,1-4H3;4-7,9H,8H2,1-3H3;7-8H,2-5H2,1H3. The minimum absolute atomic E-state index is 0.0323. The summed E-state index contributed by atoms with van der Waals surface area (Å²) in [5, 5.41) is 22.5. The summed E-state index contributed by atoms with van der Waals surface area (Å²) in [5.74, 6) is 0. The molecule has 0 saturated carbocycles. The van der Waals surface area contributed by atoms with Crippen molar-refractivity contribution in [3.63, 3.8) is 0 Å². The highest BCUT2D eigenvalue weighted by molar-refractivity contribution is 5.53. The van der Waals surface area contributed by atoms with Crippen LogP contribution in [0.4, 0.5) is 0 Å². The van der Waals surface area contributed by atoms with E-state index < -0.39 is 5.60 Å². The molecule has 2 aliphatic rings. The molecule has 0 unspecified atom stereocenters. The van der Waals surface area contributed by atoms with Gasteiger partial charge in [0.1, 0.15) is 6.29 Å². The molecule has 0 aromatic heterocycles. The molecule has 0 atom stereocenters. The minimum Gasteiger partial charge on any atom is -0.390 e. The average Bonchev–Trinajstić information content (AvgIpc) is 2.89. The molecule has 0 aliphatic carbocycles. The van der Waals surface area contributed by atoms with Crippen molar-refractivity contribution in [1.82, 2.24) is 10.2 Å². The van der Waals surface area contributed by atoms with Crippen LogP contribution in [0.3, 0.4) is 0 Å². The van der Waals surface area contributed by atoms with Gasteiger partial charge in [-0.15, -0.1) is 0 Å². The van der Waals surface area contributed by atoms with Crippen molar-refractivity contribution in [3.05, 3.63) is 70.8 Å². The van der Waals surface area contributed by atoms with Gasteiger partial charge in [-0.3, -0.25) is 0 Å². The molecule has 3 N–H and O–H groups in total. The van der Waals surface area contributed by atoms with Crippen LogP contribution in [-0.2, 0) is 15.6 Å². The highest BCUT2D eigenvalue weighted by Crippen LogP contribution is 2.29. The fourth-order valence-electron chi connectivity index (χ4n) is 5.14. The summed E-state index contributed by atoms with van der Waals surface area (Å²) < 4.78 is 0. The number of likely N-dealkylation sites (tertiary alicyclic amines) is 1. The van der Waals surface area contributed by atoms with E-state index in [-0.39, 0.29) is 16.4 Å². The van der Waals surface area contributed by atoms with Crippen LogP contribution in [0.2, 0.25) is 0 Å². The Morgan fingerprint density at radius 1 is 0.756 bits per heavy atom. The number of hydrogen-bond acceptors (Lipinski definition) is 5. The van der Waals surface area contributed by atoms with Crippen LogP contribution in [0.1, 0.15) is 102 Å². The van der Waals surface area contributed by atoms with E-state index >= 15 is 0 Å². The molecule has 41 heavy (non-hydrogen) atoms. The van der Waals surface area contributed by atoms with Gasteiger partial charge in [-0.1, -0.05) is 87.4 Å². The van der Waals surface area contributed by atoms with Crippen molar-refractivity contribution < 1.29 is 15.0 Å². The van der Waals surface area contributed by atoms with Gasteiger partial charge in [0.2, 0.25) is 0 Å². The van der Waals surface area contributed by atoms with Crippen molar-refractivity contribution in [1.29, 1.82) is 0 Å². The first-order chi connectivity index (χ1) is 19.1. The summed E-state index contributed by atoms with van der Waals surface area (Å²) in [6.45, 7) is 22.0. The summed E-state index contributed by atoms with van der Waals surface area (Å²) in [6.07, 6.45) is 6.32. The Labute approximate surface area is 250 Å². The number of aryl methyl sites for hydroxylation is 2. The summed E-state index contributed by atoms with van der Waals surface area (Å²) in [7, 11) is 0. The van der Waals surface area contributed by atoms with Crippen LogP contribution < -0.4 is 5.32 Å². The largest absolute Gasteiger partial charge is 0.390 e. The zero-order valence-corrected chi connectivity index (χ0v) is 27.2. The third kappa shape index (κ3) is 12.8. The monoisotopic (exact) mass is 566 g/mol. The Morgan fingerprint density at radius 2 is 1.17 bits per heavy atom. The molecule has 0 bridgehead atoms. The maximum Gasteiger partial charge on any atom is 0.120 e. The Morgan fingerprint density at radius 3 is 1.56 bits per heavy atom. The van der Waals surface area contributed by atoms with Crippen LogP contribution in [0.15, 0.2) is 48.5 Å². The van der Waals surface area contributed by atoms with E-state index in [4.69, 9.17) is 0 Å².